The molecular formula is C14H13ClN4O2. The van der Waals surface area contributed by atoms with E-state index in [1.807, 2.05) is 24.3 Å². The summed E-state index contributed by atoms with van der Waals surface area (Å²) in [6, 6.07) is 7.63. The molecule has 3 aromatic rings. The highest BCUT2D eigenvalue weighted by molar-refractivity contribution is 6.28. The summed E-state index contributed by atoms with van der Waals surface area (Å²) in [4.78, 5) is 8.25. The molecule has 0 saturated carbocycles. The molecule has 0 unspecified atom stereocenters. The maximum absolute atomic E-state index is 5.91. The third-order valence-electron chi connectivity index (χ3n) is 3.06. The van der Waals surface area contributed by atoms with E-state index in [4.69, 9.17) is 21.1 Å². The van der Waals surface area contributed by atoms with Crippen molar-refractivity contribution in [1.82, 2.24) is 19.7 Å². The lowest BCUT2D eigenvalue weighted by Gasteiger charge is -2.07. The van der Waals surface area contributed by atoms with E-state index in [1.165, 1.54) is 0 Å². The van der Waals surface area contributed by atoms with Crippen molar-refractivity contribution in [3.63, 3.8) is 0 Å². The van der Waals surface area contributed by atoms with Gasteiger partial charge in [-0.05, 0) is 29.3 Å². The molecule has 0 radical (unpaired) electrons. The van der Waals surface area contributed by atoms with Crippen molar-refractivity contribution in [1.29, 1.82) is 0 Å². The first kappa shape index (κ1) is 13.6. The molecular weight excluding hydrogens is 292 g/mol. The number of aryl methyl sites for hydroxylation is 1. The van der Waals surface area contributed by atoms with Crippen molar-refractivity contribution in [3.05, 3.63) is 41.3 Å². The van der Waals surface area contributed by atoms with E-state index in [9.17, 15) is 0 Å². The van der Waals surface area contributed by atoms with Crippen LogP contribution in [0.2, 0.25) is 5.28 Å². The Morgan fingerprint density at radius 2 is 1.95 bits per heavy atom. The van der Waals surface area contributed by atoms with Crippen LogP contribution in [-0.4, -0.2) is 26.9 Å². The van der Waals surface area contributed by atoms with Gasteiger partial charge in [-0.25, -0.2) is 0 Å². The second kappa shape index (κ2) is 5.57. The zero-order valence-electron chi connectivity index (χ0n) is 11.6. The number of fused-ring (bicyclic) bond motifs is 1. The molecule has 0 bridgehead atoms. The summed E-state index contributed by atoms with van der Waals surface area (Å²) in [5.74, 6) is 1.23. The molecule has 0 spiro atoms. The molecule has 7 heteroatoms. The van der Waals surface area contributed by atoms with Crippen LogP contribution in [0.3, 0.4) is 0 Å². The summed E-state index contributed by atoms with van der Waals surface area (Å²) in [7, 11) is 3.42. The Labute approximate surface area is 126 Å². The maximum atomic E-state index is 5.91. The lowest BCUT2D eigenvalue weighted by atomic mass is 10.2. The van der Waals surface area contributed by atoms with Gasteiger partial charge in [0.05, 0.1) is 13.3 Å². The molecule has 0 saturated heterocycles. The fourth-order valence-corrected chi connectivity index (χ4v) is 2.11. The number of ether oxygens (including phenoxy) is 2. The van der Waals surface area contributed by atoms with E-state index in [1.54, 1.807) is 25.0 Å². The lowest BCUT2D eigenvalue weighted by Crippen LogP contribution is -2.00. The van der Waals surface area contributed by atoms with Gasteiger partial charge in [-0.15, -0.1) is 0 Å². The molecule has 21 heavy (non-hydrogen) atoms. The molecule has 0 aliphatic rings. The average Bonchev–Trinajstić information content (AvgIpc) is 2.87. The standard InChI is InChI=1S/C14H13ClN4O2/c1-19-12-11(7-16-19)13(18-14(15)17-12)21-8-9-3-5-10(20-2)6-4-9/h3-7H,8H2,1-2H3. The minimum absolute atomic E-state index is 0.135. The van der Waals surface area contributed by atoms with Crippen LogP contribution in [0, 0.1) is 0 Å². The highest BCUT2D eigenvalue weighted by Crippen LogP contribution is 2.24. The van der Waals surface area contributed by atoms with Crippen LogP contribution in [0.25, 0.3) is 11.0 Å². The van der Waals surface area contributed by atoms with Crippen molar-refractivity contribution in [3.8, 4) is 11.6 Å². The SMILES string of the molecule is COc1ccc(COc2nc(Cl)nc3c2cnn3C)cc1. The molecule has 1 aromatic carbocycles. The Bertz CT molecular complexity index is 770. The topological polar surface area (TPSA) is 62.1 Å². The van der Waals surface area contributed by atoms with Crippen LogP contribution in [-0.2, 0) is 13.7 Å². The molecule has 0 atom stereocenters. The fraction of sp³-hybridized carbons (Fsp3) is 0.214. The Balaban J connectivity index is 1.84. The van der Waals surface area contributed by atoms with Gasteiger partial charge >= 0.3 is 0 Å². The number of aromatic nitrogens is 4. The second-order valence-electron chi connectivity index (χ2n) is 4.44. The first-order chi connectivity index (χ1) is 10.2. The van der Waals surface area contributed by atoms with E-state index in [0.29, 0.717) is 18.1 Å². The maximum Gasteiger partial charge on any atom is 0.229 e. The summed E-state index contributed by atoms with van der Waals surface area (Å²) in [5.41, 5.74) is 1.64. The highest BCUT2D eigenvalue weighted by Gasteiger charge is 2.11. The van der Waals surface area contributed by atoms with E-state index >= 15 is 0 Å². The predicted molar refractivity (Wildman–Crippen MR) is 78.6 cm³/mol. The number of nitrogens with zero attached hydrogens (tertiary/aromatic N) is 4. The molecule has 0 aliphatic carbocycles. The molecule has 108 valence electrons. The molecule has 0 aliphatic heterocycles. The van der Waals surface area contributed by atoms with Gasteiger partial charge in [-0.2, -0.15) is 15.1 Å². The predicted octanol–water partition coefficient (Wildman–Crippen LogP) is 2.60. The lowest BCUT2D eigenvalue weighted by molar-refractivity contribution is 0.297. The van der Waals surface area contributed by atoms with Crippen molar-refractivity contribution in [2.45, 2.75) is 6.61 Å². The second-order valence-corrected chi connectivity index (χ2v) is 4.78. The van der Waals surface area contributed by atoms with E-state index < -0.39 is 0 Å². The molecule has 0 N–H and O–H groups in total. The Morgan fingerprint density at radius 1 is 1.19 bits per heavy atom. The van der Waals surface area contributed by atoms with Crippen LogP contribution in [0.15, 0.2) is 30.5 Å². The molecule has 0 amide bonds. The van der Waals surface area contributed by atoms with Gasteiger partial charge in [-0.1, -0.05) is 12.1 Å². The zero-order chi connectivity index (χ0) is 14.8. The summed E-state index contributed by atoms with van der Waals surface area (Å²) >= 11 is 5.91. The zero-order valence-corrected chi connectivity index (χ0v) is 12.3. The summed E-state index contributed by atoms with van der Waals surface area (Å²) < 4.78 is 12.5. The minimum Gasteiger partial charge on any atom is -0.497 e. The van der Waals surface area contributed by atoms with E-state index in [2.05, 4.69) is 15.1 Å². The smallest absolute Gasteiger partial charge is 0.229 e. The van der Waals surface area contributed by atoms with Crippen LogP contribution in [0.1, 0.15) is 5.56 Å². The van der Waals surface area contributed by atoms with Gasteiger partial charge in [-0.3, -0.25) is 4.68 Å². The van der Waals surface area contributed by atoms with Crippen LogP contribution in [0.4, 0.5) is 0 Å². The fourth-order valence-electron chi connectivity index (χ4n) is 1.95. The third-order valence-corrected chi connectivity index (χ3v) is 3.23. The largest absolute Gasteiger partial charge is 0.497 e. The first-order valence-corrected chi connectivity index (χ1v) is 6.66. The van der Waals surface area contributed by atoms with Crippen LogP contribution < -0.4 is 9.47 Å². The van der Waals surface area contributed by atoms with Crippen LogP contribution >= 0.6 is 11.6 Å². The number of hydrogen-bond donors (Lipinski definition) is 0. The molecule has 3 rings (SSSR count). The Hall–Kier alpha value is -2.34. The van der Waals surface area contributed by atoms with Crippen molar-refractivity contribution < 1.29 is 9.47 Å². The summed E-state index contributed by atoms with van der Waals surface area (Å²) in [6.45, 7) is 0.376. The number of rotatable bonds is 4. The first-order valence-electron chi connectivity index (χ1n) is 6.28. The van der Waals surface area contributed by atoms with Crippen molar-refractivity contribution >= 4 is 22.6 Å². The molecule has 2 heterocycles. The van der Waals surface area contributed by atoms with Crippen molar-refractivity contribution in [2.75, 3.05) is 7.11 Å². The van der Waals surface area contributed by atoms with Gasteiger partial charge < -0.3 is 9.47 Å². The van der Waals surface area contributed by atoms with Gasteiger partial charge in [0.1, 0.15) is 17.7 Å². The Morgan fingerprint density at radius 3 is 2.67 bits per heavy atom. The van der Waals surface area contributed by atoms with E-state index in [0.717, 1.165) is 16.7 Å². The normalized spacial score (nSPS) is 10.8. The number of methoxy groups -OCH3 is 1. The number of benzene rings is 1. The van der Waals surface area contributed by atoms with Crippen LogP contribution in [0.5, 0.6) is 11.6 Å². The number of hydrogen-bond acceptors (Lipinski definition) is 5. The molecule has 2 aromatic heterocycles. The molecule has 6 nitrogen and oxygen atoms in total. The average molecular weight is 305 g/mol. The monoisotopic (exact) mass is 304 g/mol. The van der Waals surface area contributed by atoms with Gasteiger partial charge in [0.15, 0.2) is 5.65 Å². The molecule has 0 fully saturated rings. The van der Waals surface area contributed by atoms with E-state index in [-0.39, 0.29) is 5.28 Å². The number of halogens is 1. The summed E-state index contributed by atoms with van der Waals surface area (Å²) in [5, 5.41) is 5.00. The van der Waals surface area contributed by atoms with Crippen molar-refractivity contribution in [2.24, 2.45) is 7.05 Å². The highest BCUT2D eigenvalue weighted by atomic mass is 35.5. The van der Waals surface area contributed by atoms with Gasteiger partial charge in [0.2, 0.25) is 11.2 Å². The van der Waals surface area contributed by atoms with Gasteiger partial charge in [0, 0.05) is 7.05 Å². The summed E-state index contributed by atoms with van der Waals surface area (Å²) in [6.07, 6.45) is 1.66. The minimum atomic E-state index is 0.135. The van der Waals surface area contributed by atoms with Gasteiger partial charge in [0.25, 0.3) is 0 Å². The quantitative estimate of drug-likeness (QED) is 0.693. The third kappa shape index (κ3) is 2.75. The Kier molecular flexibility index (Phi) is 3.62.